The maximum Gasteiger partial charge on any atom is 0.325 e. The number of methoxy groups -OCH3 is 1. The van der Waals surface area contributed by atoms with Crippen LogP contribution in [0.25, 0.3) is 0 Å². The number of carbonyl (C=O) groups is 1. The average Bonchev–Trinajstić information content (AvgIpc) is 2.39. The largest absolute Gasteiger partial charge is 0.468 e. The second kappa shape index (κ2) is 5.76. The number of hydrogen-bond donors (Lipinski definition) is 1. The van der Waals surface area contributed by atoms with E-state index in [1.54, 1.807) is 11.8 Å². The number of hydrogen-bond acceptors (Lipinski definition) is 4. The van der Waals surface area contributed by atoms with Crippen LogP contribution < -0.4 is 5.73 Å². The van der Waals surface area contributed by atoms with Crippen molar-refractivity contribution in [2.75, 3.05) is 7.11 Å². The molecule has 1 fully saturated rings. The summed E-state index contributed by atoms with van der Waals surface area (Å²) in [5, 5.41) is 0.394. The van der Waals surface area contributed by atoms with E-state index in [0.29, 0.717) is 11.7 Å². The molecule has 2 atom stereocenters. The summed E-state index contributed by atoms with van der Waals surface area (Å²) in [6, 6.07) is 10.3. The number of thioether (sulfide) groups is 1. The van der Waals surface area contributed by atoms with E-state index in [4.69, 9.17) is 10.5 Å². The molecule has 0 saturated heterocycles. The van der Waals surface area contributed by atoms with Crippen LogP contribution in [0.1, 0.15) is 25.7 Å². The third-order valence-electron chi connectivity index (χ3n) is 3.38. The van der Waals surface area contributed by atoms with E-state index < -0.39 is 5.54 Å². The summed E-state index contributed by atoms with van der Waals surface area (Å²) in [6.07, 6.45) is 3.51. The van der Waals surface area contributed by atoms with Crippen molar-refractivity contribution in [1.29, 1.82) is 0 Å². The molecule has 1 aromatic rings. The van der Waals surface area contributed by atoms with Crippen LogP contribution in [0.3, 0.4) is 0 Å². The van der Waals surface area contributed by atoms with Gasteiger partial charge in [0.1, 0.15) is 5.54 Å². The predicted molar refractivity (Wildman–Crippen MR) is 73.5 cm³/mol. The number of carbonyl (C=O) groups excluding carboxylic acids is 1. The monoisotopic (exact) mass is 265 g/mol. The molecule has 1 aromatic carbocycles. The fourth-order valence-electron chi connectivity index (χ4n) is 2.44. The molecule has 0 amide bonds. The molecule has 3 nitrogen and oxygen atoms in total. The van der Waals surface area contributed by atoms with Gasteiger partial charge in [-0.3, -0.25) is 4.79 Å². The Morgan fingerprint density at radius 1 is 1.44 bits per heavy atom. The highest BCUT2D eigenvalue weighted by molar-refractivity contribution is 8.00. The van der Waals surface area contributed by atoms with Gasteiger partial charge in [0.2, 0.25) is 0 Å². The predicted octanol–water partition coefficient (Wildman–Crippen LogP) is 2.59. The molecule has 0 bridgehead atoms. The number of nitrogens with two attached hydrogens (primary N) is 1. The molecule has 0 aliphatic heterocycles. The Bertz CT molecular complexity index is 410. The highest BCUT2D eigenvalue weighted by Gasteiger charge is 2.40. The summed E-state index contributed by atoms with van der Waals surface area (Å²) >= 11 is 1.81. The molecule has 4 heteroatoms. The van der Waals surface area contributed by atoms with Gasteiger partial charge in [-0.2, -0.15) is 0 Å². The lowest BCUT2D eigenvalue weighted by Crippen LogP contribution is -2.52. The van der Waals surface area contributed by atoms with Crippen LogP contribution >= 0.6 is 11.8 Å². The molecule has 0 radical (unpaired) electrons. The smallest absolute Gasteiger partial charge is 0.325 e. The molecule has 0 heterocycles. The van der Waals surface area contributed by atoms with Gasteiger partial charge < -0.3 is 10.5 Å². The van der Waals surface area contributed by atoms with E-state index in [9.17, 15) is 4.79 Å². The minimum atomic E-state index is -0.792. The summed E-state index contributed by atoms with van der Waals surface area (Å²) in [5.41, 5.74) is 5.38. The summed E-state index contributed by atoms with van der Waals surface area (Å²) in [6.45, 7) is 0. The summed E-state index contributed by atoms with van der Waals surface area (Å²) < 4.78 is 4.82. The van der Waals surface area contributed by atoms with Crippen molar-refractivity contribution in [3.8, 4) is 0 Å². The van der Waals surface area contributed by atoms with Crippen LogP contribution in [0.15, 0.2) is 35.2 Å². The standard InChI is InChI=1S/C14H19NO2S/c1-17-13(16)14(15)9-5-8-12(10-14)18-11-6-3-2-4-7-11/h2-4,6-7,12H,5,8-10,15H2,1H3. The molecular weight excluding hydrogens is 246 g/mol. The lowest BCUT2D eigenvalue weighted by atomic mass is 9.82. The highest BCUT2D eigenvalue weighted by Crippen LogP contribution is 2.37. The Hall–Kier alpha value is -1.00. The van der Waals surface area contributed by atoms with Gasteiger partial charge in [0, 0.05) is 10.1 Å². The fraction of sp³-hybridized carbons (Fsp3) is 0.500. The molecule has 1 saturated carbocycles. The zero-order valence-electron chi connectivity index (χ0n) is 10.6. The normalized spacial score (nSPS) is 27.8. The lowest BCUT2D eigenvalue weighted by molar-refractivity contribution is -0.148. The van der Waals surface area contributed by atoms with Crippen LogP contribution in [0.2, 0.25) is 0 Å². The number of benzene rings is 1. The summed E-state index contributed by atoms with van der Waals surface area (Å²) in [5.74, 6) is -0.277. The Labute approximate surface area is 112 Å². The maximum absolute atomic E-state index is 11.7. The molecular formula is C14H19NO2S. The molecule has 2 N–H and O–H groups in total. The molecule has 1 aliphatic rings. The molecule has 98 valence electrons. The van der Waals surface area contributed by atoms with E-state index >= 15 is 0 Å². The molecule has 0 aromatic heterocycles. The molecule has 1 aliphatic carbocycles. The first-order valence-corrected chi connectivity index (χ1v) is 7.11. The first-order chi connectivity index (χ1) is 8.64. The van der Waals surface area contributed by atoms with E-state index in [2.05, 4.69) is 12.1 Å². The lowest BCUT2D eigenvalue weighted by Gasteiger charge is -2.35. The molecule has 2 rings (SSSR count). The maximum atomic E-state index is 11.7. The minimum absolute atomic E-state index is 0.277. The summed E-state index contributed by atoms with van der Waals surface area (Å²) in [7, 11) is 1.41. The van der Waals surface area contributed by atoms with E-state index in [1.165, 1.54) is 12.0 Å². The second-order valence-corrected chi connectivity index (χ2v) is 6.17. The fourth-order valence-corrected chi connectivity index (χ4v) is 3.80. The van der Waals surface area contributed by atoms with Crippen LogP contribution in [0.4, 0.5) is 0 Å². The van der Waals surface area contributed by atoms with E-state index in [0.717, 1.165) is 19.3 Å². The van der Waals surface area contributed by atoms with Crippen LogP contribution in [-0.4, -0.2) is 23.9 Å². The average molecular weight is 265 g/mol. The zero-order chi connectivity index (χ0) is 13.0. The first-order valence-electron chi connectivity index (χ1n) is 6.23. The Morgan fingerprint density at radius 2 is 2.17 bits per heavy atom. The summed E-state index contributed by atoms with van der Waals surface area (Å²) in [4.78, 5) is 13.0. The van der Waals surface area contributed by atoms with Crippen molar-refractivity contribution in [3.05, 3.63) is 30.3 Å². The van der Waals surface area contributed by atoms with Gasteiger partial charge in [0.25, 0.3) is 0 Å². The Balaban J connectivity index is 2.01. The van der Waals surface area contributed by atoms with E-state index in [-0.39, 0.29) is 5.97 Å². The third kappa shape index (κ3) is 3.06. The number of rotatable bonds is 3. The van der Waals surface area contributed by atoms with Gasteiger partial charge in [-0.25, -0.2) is 0 Å². The van der Waals surface area contributed by atoms with Gasteiger partial charge >= 0.3 is 5.97 Å². The number of esters is 1. The minimum Gasteiger partial charge on any atom is -0.468 e. The quantitative estimate of drug-likeness (QED) is 0.854. The van der Waals surface area contributed by atoms with Crippen molar-refractivity contribution in [2.24, 2.45) is 5.73 Å². The van der Waals surface area contributed by atoms with Crippen molar-refractivity contribution < 1.29 is 9.53 Å². The highest BCUT2D eigenvalue weighted by atomic mass is 32.2. The number of ether oxygens (including phenoxy) is 1. The molecule has 2 unspecified atom stereocenters. The molecule has 0 spiro atoms. The van der Waals surface area contributed by atoms with Gasteiger partial charge in [-0.05, 0) is 37.8 Å². The van der Waals surface area contributed by atoms with Crippen LogP contribution in [-0.2, 0) is 9.53 Å². The topological polar surface area (TPSA) is 52.3 Å². The van der Waals surface area contributed by atoms with Gasteiger partial charge in [0.15, 0.2) is 0 Å². The van der Waals surface area contributed by atoms with Crippen molar-refractivity contribution in [2.45, 2.75) is 41.4 Å². The van der Waals surface area contributed by atoms with Gasteiger partial charge in [-0.1, -0.05) is 18.2 Å². The zero-order valence-corrected chi connectivity index (χ0v) is 11.4. The van der Waals surface area contributed by atoms with Crippen molar-refractivity contribution >= 4 is 17.7 Å². The van der Waals surface area contributed by atoms with Crippen LogP contribution in [0.5, 0.6) is 0 Å². The van der Waals surface area contributed by atoms with Gasteiger partial charge in [-0.15, -0.1) is 11.8 Å². The SMILES string of the molecule is COC(=O)C1(N)CCCC(Sc2ccccc2)C1. The third-order valence-corrected chi connectivity index (χ3v) is 4.66. The Kier molecular flexibility index (Phi) is 4.30. The van der Waals surface area contributed by atoms with Crippen LogP contribution in [0, 0.1) is 0 Å². The first kappa shape index (κ1) is 13.4. The molecule has 18 heavy (non-hydrogen) atoms. The van der Waals surface area contributed by atoms with E-state index in [1.807, 2.05) is 18.2 Å². The second-order valence-electron chi connectivity index (χ2n) is 4.80. The van der Waals surface area contributed by atoms with Crippen molar-refractivity contribution in [1.82, 2.24) is 0 Å². The Morgan fingerprint density at radius 3 is 2.83 bits per heavy atom. The van der Waals surface area contributed by atoms with Crippen molar-refractivity contribution in [3.63, 3.8) is 0 Å². The van der Waals surface area contributed by atoms with Gasteiger partial charge in [0.05, 0.1) is 7.11 Å².